The zero-order chi connectivity index (χ0) is 15.3. The molecule has 0 radical (unpaired) electrons. The molecule has 1 unspecified atom stereocenters. The van der Waals surface area contributed by atoms with Gasteiger partial charge in [-0.05, 0) is 30.2 Å². The molecule has 1 saturated carbocycles. The van der Waals surface area contributed by atoms with Crippen LogP contribution in [0.4, 0.5) is 0 Å². The van der Waals surface area contributed by atoms with Gasteiger partial charge in [0.15, 0.2) is 0 Å². The van der Waals surface area contributed by atoms with Gasteiger partial charge in [0.1, 0.15) is 0 Å². The van der Waals surface area contributed by atoms with E-state index in [2.05, 4.69) is 55.7 Å². The van der Waals surface area contributed by atoms with E-state index in [1.54, 1.807) is 0 Å². The SMILES string of the molecule is CC(C)(C)CC(NCCC(=O)NC1CC1)c1ccccc1. The molecule has 0 bridgehead atoms. The molecule has 1 aliphatic rings. The summed E-state index contributed by atoms with van der Waals surface area (Å²) in [6.45, 7) is 7.49. The summed E-state index contributed by atoms with van der Waals surface area (Å²) >= 11 is 0. The molecule has 0 spiro atoms. The molecule has 1 aromatic rings. The lowest BCUT2D eigenvalue weighted by atomic mass is 9.85. The third-order valence-corrected chi connectivity index (χ3v) is 3.70. The number of hydrogen-bond acceptors (Lipinski definition) is 2. The van der Waals surface area contributed by atoms with Gasteiger partial charge in [0.05, 0.1) is 0 Å². The average Bonchev–Trinajstić information content (AvgIpc) is 3.21. The summed E-state index contributed by atoms with van der Waals surface area (Å²) in [7, 11) is 0. The predicted octanol–water partition coefficient (Wildman–Crippen LogP) is 3.42. The number of hydrogen-bond donors (Lipinski definition) is 2. The van der Waals surface area contributed by atoms with Crippen molar-refractivity contribution in [3.05, 3.63) is 35.9 Å². The van der Waals surface area contributed by atoms with E-state index in [4.69, 9.17) is 0 Å². The van der Waals surface area contributed by atoms with Crippen LogP contribution in [0.5, 0.6) is 0 Å². The summed E-state index contributed by atoms with van der Waals surface area (Å²) in [6.07, 6.45) is 3.91. The molecular weight excluding hydrogens is 260 g/mol. The molecule has 1 amide bonds. The Morgan fingerprint density at radius 3 is 2.48 bits per heavy atom. The number of rotatable bonds is 7. The van der Waals surface area contributed by atoms with E-state index in [0.29, 0.717) is 18.5 Å². The minimum Gasteiger partial charge on any atom is -0.353 e. The average molecular weight is 288 g/mol. The van der Waals surface area contributed by atoms with Gasteiger partial charge in [-0.1, -0.05) is 51.1 Å². The Morgan fingerprint density at radius 2 is 1.90 bits per heavy atom. The van der Waals surface area contributed by atoms with Crippen LogP contribution < -0.4 is 10.6 Å². The molecule has 2 N–H and O–H groups in total. The van der Waals surface area contributed by atoms with E-state index in [1.165, 1.54) is 5.56 Å². The maximum atomic E-state index is 11.7. The van der Waals surface area contributed by atoms with Crippen LogP contribution in [-0.4, -0.2) is 18.5 Å². The van der Waals surface area contributed by atoms with E-state index >= 15 is 0 Å². The Morgan fingerprint density at radius 1 is 1.24 bits per heavy atom. The number of carbonyl (C=O) groups is 1. The summed E-state index contributed by atoms with van der Waals surface area (Å²) in [5.74, 6) is 0.174. The van der Waals surface area contributed by atoms with Crippen molar-refractivity contribution in [2.24, 2.45) is 5.41 Å². The van der Waals surface area contributed by atoms with Gasteiger partial charge < -0.3 is 10.6 Å². The van der Waals surface area contributed by atoms with Crippen molar-refractivity contribution < 1.29 is 4.79 Å². The summed E-state index contributed by atoms with van der Waals surface area (Å²) in [5, 5.41) is 6.59. The van der Waals surface area contributed by atoms with Crippen LogP contribution >= 0.6 is 0 Å². The van der Waals surface area contributed by atoms with Crippen LogP contribution in [0, 0.1) is 5.41 Å². The number of nitrogens with one attached hydrogen (secondary N) is 2. The second kappa shape index (κ2) is 7.08. The Hall–Kier alpha value is -1.35. The van der Waals surface area contributed by atoms with Crippen molar-refractivity contribution in [3.63, 3.8) is 0 Å². The van der Waals surface area contributed by atoms with Crippen LogP contribution in [0.15, 0.2) is 30.3 Å². The highest BCUT2D eigenvalue weighted by atomic mass is 16.1. The topological polar surface area (TPSA) is 41.1 Å². The van der Waals surface area contributed by atoms with Gasteiger partial charge in [0.25, 0.3) is 0 Å². The van der Waals surface area contributed by atoms with Crippen LogP contribution in [0.1, 0.15) is 58.1 Å². The molecular formula is C18H28N2O. The molecule has 0 aromatic heterocycles. The fraction of sp³-hybridized carbons (Fsp3) is 0.611. The molecule has 1 fully saturated rings. The molecule has 116 valence electrons. The predicted molar refractivity (Wildman–Crippen MR) is 87.0 cm³/mol. The minimum absolute atomic E-state index is 0.174. The highest BCUT2D eigenvalue weighted by Gasteiger charge is 2.23. The van der Waals surface area contributed by atoms with Gasteiger partial charge in [-0.2, -0.15) is 0 Å². The molecule has 3 nitrogen and oxygen atoms in total. The summed E-state index contributed by atoms with van der Waals surface area (Å²) < 4.78 is 0. The molecule has 0 saturated heterocycles. The summed E-state index contributed by atoms with van der Waals surface area (Å²) in [6, 6.07) is 11.3. The quantitative estimate of drug-likeness (QED) is 0.807. The summed E-state index contributed by atoms with van der Waals surface area (Å²) in [4.78, 5) is 11.7. The molecule has 1 aromatic carbocycles. The van der Waals surface area contributed by atoms with Crippen LogP contribution in [0.2, 0.25) is 0 Å². The first kappa shape index (κ1) is 16.0. The van der Waals surface area contributed by atoms with Gasteiger partial charge >= 0.3 is 0 Å². The highest BCUT2D eigenvalue weighted by Crippen LogP contribution is 2.29. The van der Waals surface area contributed by atoms with E-state index in [0.717, 1.165) is 25.8 Å². The van der Waals surface area contributed by atoms with E-state index < -0.39 is 0 Å². The number of carbonyl (C=O) groups excluding carboxylic acids is 1. The second-order valence-electron chi connectivity index (χ2n) is 7.27. The van der Waals surface area contributed by atoms with Crippen molar-refractivity contribution in [1.82, 2.24) is 10.6 Å². The van der Waals surface area contributed by atoms with Crippen molar-refractivity contribution >= 4 is 5.91 Å². The van der Waals surface area contributed by atoms with E-state index in [-0.39, 0.29) is 11.3 Å². The minimum atomic E-state index is 0.174. The van der Waals surface area contributed by atoms with Gasteiger partial charge in [-0.3, -0.25) is 4.79 Å². The fourth-order valence-corrected chi connectivity index (χ4v) is 2.49. The van der Waals surface area contributed by atoms with Crippen LogP contribution in [0.3, 0.4) is 0 Å². The molecule has 0 aliphatic heterocycles. The maximum Gasteiger partial charge on any atom is 0.221 e. The van der Waals surface area contributed by atoms with Crippen molar-refractivity contribution in [1.29, 1.82) is 0 Å². The van der Waals surface area contributed by atoms with E-state index in [1.807, 2.05) is 6.07 Å². The number of benzene rings is 1. The smallest absolute Gasteiger partial charge is 0.221 e. The molecule has 1 aliphatic carbocycles. The molecule has 0 heterocycles. The first-order chi connectivity index (χ1) is 9.94. The molecule has 2 rings (SSSR count). The largest absolute Gasteiger partial charge is 0.353 e. The first-order valence-electron chi connectivity index (χ1n) is 8.02. The van der Waals surface area contributed by atoms with Gasteiger partial charge in [0, 0.05) is 25.0 Å². The van der Waals surface area contributed by atoms with Crippen molar-refractivity contribution in [2.75, 3.05) is 6.54 Å². The van der Waals surface area contributed by atoms with Crippen molar-refractivity contribution in [2.45, 2.75) is 58.5 Å². The standard InChI is InChI=1S/C18H28N2O/c1-18(2,3)13-16(14-7-5-4-6-8-14)19-12-11-17(21)20-15-9-10-15/h4-8,15-16,19H,9-13H2,1-3H3,(H,20,21). The summed E-state index contributed by atoms with van der Waals surface area (Å²) in [5.41, 5.74) is 1.55. The van der Waals surface area contributed by atoms with Crippen molar-refractivity contribution in [3.8, 4) is 0 Å². The number of amides is 1. The fourth-order valence-electron chi connectivity index (χ4n) is 2.49. The zero-order valence-corrected chi connectivity index (χ0v) is 13.5. The third-order valence-electron chi connectivity index (χ3n) is 3.70. The lowest BCUT2D eigenvalue weighted by Gasteiger charge is -2.27. The monoisotopic (exact) mass is 288 g/mol. The third kappa shape index (κ3) is 6.30. The zero-order valence-electron chi connectivity index (χ0n) is 13.5. The van der Waals surface area contributed by atoms with E-state index in [9.17, 15) is 4.79 Å². The Kier molecular flexibility index (Phi) is 5.40. The van der Waals surface area contributed by atoms with Gasteiger partial charge in [0.2, 0.25) is 5.91 Å². The normalized spacial score (nSPS) is 16.5. The Labute approximate surface area is 128 Å². The molecule has 21 heavy (non-hydrogen) atoms. The van der Waals surface area contributed by atoms with Crippen LogP contribution in [-0.2, 0) is 4.79 Å². The lowest BCUT2D eigenvalue weighted by Crippen LogP contribution is -2.32. The van der Waals surface area contributed by atoms with Crippen LogP contribution in [0.25, 0.3) is 0 Å². The molecule has 1 atom stereocenters. The van der Waals surface area contributed by atoms with Gasteiger partial charge in [-0.15, -0.1) is 0 Å². The lowest BCUT2D eigenvalue weighted by molar-refractivity contribution is -0.121. The maximum absolute atomic E-state index is 11.7. The Balaban J connectivity index is 1.85. The first-order valence-corrected chi connectivity index (χ1v) is 8.02. The Bertz CT molecular complexity index is 446. The second-order valence-corrected chi connectivity index (χ2v) is 7.27. The molecule has 3 heteroatoms. The van der Waals surface area contributed by atoms with Gasteiger partial charge in [-0.25, -0.2) is 0 Å². The highest BCUT2D eigenvalue weighted by molar-refractivity contribution is 5.76.